The van der Waals surface area contributed by atoms with Gasteiger partial charge in [0.1, 0.15) is 6.54 Å². The van der Waals surface area contributed by atoms with Gasteiger partial charge in [0.2, 0.25) is 10.0 Å². The molecule has 0 spiro atoms. The zero-order chi connectivity index (χ0) is 16.0. The number of nitrogens with zero attached hydrogens (tertiary/aromatic N) is 1. The summed E-state index contributed by atoms with van der Waals surface area (Å²) in [5, 5.41) is 16.1. The van der Waals surface area contributed by atoms with E-state index in [4.69, 9.17) is 10.2 Å². The smallest absolute Gasteiger partial charge is 0.323 e. The van der Waals surface area contributed by atoms with Crippen LogP contribution in [0.3, 0.4) is 0 Å². The van der Waals surface area contributed by atoms with Gasteiger partial charge in [-0.25, -0.2) is 18.4 Å². The van der Waals surface area contributed by atoms with E-state index in [0.717, 1.165) is 4.90 Å². The number of carbonyl (C=O) groups is 2. The number of nitrogens with one attached hydrogen (secondary N) is 1. The lowest BCUT2D eigenvalue weighted by molar-refractivity contribution is -0.137. The first kappa shape index (κ1) is 16.7. The standard InChI is InChI=1S/C12H15N3O5S/c1-2-7-15(8-11(16)17)12(18)14-9-3-5-10(6-4-9)21(13,19)20/h2-6H,1,7-8H2,(H,14,18)(H,16,17)(H2,13,19,20). The van der Waals surface area contributed by atoms with Gasteiger partial charge in [0.05, 0.1) is 4.90 Å². The Morgan fingerprint density at radius 3 is 2.33 bits per heavy atom. The molecule has 0 radical (unpaired) electrons. The second-order valence-electron chi connectivity index (χ2n) is 4.06. The van der Waals surface area contributed by atoms with E-state index < -0.39 is 28.6 Å². The van der Waals surface area contributed by atoms with Crippen LogP contribution in [0.4, 0.5) is 10.5 Å². The van der Waals surface area contributed by atoms with Gasteiger partial charge in [-0.1, -0.05) is 6.08 Å². The molecule has 0 aliphatic carbocycles. The Bertz CT molecular complexity index is 639. The van der Waals surface area contributed by atoms with Crippen molar-refractivity contribution >= 4 is 27.7 Å². The number of amides is 2. The van der Waals surface area contributed by atoms with Crippen LogP contribution in [0, 0.1) is 0 Å². The van der Waals surface area contributed by atoms with Gasteiger partial charge in [0.25, 0.3) is 0 Å². The van der Waals surface area contributed by atoms with Crippen LogP contribution in [0.5, 0.6) is 0 Å². The van der Waals surface area contributed by atoms with Crippen LogP contribution in [0.25, 0.3) is 0 Å². The predicted molar refractivity (Wildman–Crippen MR) is 76.2 cm³/mol. The highest BCUT2D eigenvalue weighted by molar-refractivity contribution is 7.89. The quantitative estimate of drug-likeness (QED) is 0.656. The van der Waals surface area contributed by atoms with Crippen LogP contribution in [0.1, 0.15) is 0 Å². The molecule has 0 saturated heterocycles. The minimum Gasteiger partial charge on any atom is -0.480 e. The highest BCUT2D eigenvalue weighted by atomic mass is 32.2. The van der Waals surface area contributed by atoms with E-state index >= 15 is 0 Å². The van der Waals surface area contributed by atoms with Crippen LogP contribution < -0.4 is 10.5 Å². The Labute approximate surface area is 121 Å². The average molecular weight is 313 g/mol. The second-order valence-corrected chi connectivity index (χ2v) is 5.62. The first-order chi connectivity index (χ1) is 9.74. The van der Waals surface area contributed by atoms with E-state index in [0.29, 0.717) is 5.69 Å². The summed E-state index contributed by atoms with van der Waals surface area (Å²) in [4.78, 5) is 23.5. The van der Waals surface area contributed by atoms with E-state index in [2.05, 4.69) is 11.9 Å². The van der Waals surface area contributed by atoms with Gasteiger partial charge in [0, 0.05) is 12.2 Å². The zero-order valence-corrected chi connectivity index (χ0v) is 11.8. The Hall–Kier alpha value is -2.39. The van der Waals surface area contributed by atoms with Crippen molar-refractivity contribution < 1.29 is 23.1 Å². The van der Waals surface area contributed by atoms with Crippen molar-refractivity contribution in [2.45, 2.75) is 4.90 Å². The molecule has 0 fully saturated rings. The Kier molecular flexibility index (Phi) is 5.44. The van der Waals surface area contributed by atoms with E-state index in [-0.39, 0.29) is 11.4 Å². The summed E-state index contributed by atoms with van der Waals surface area (Å²) in [6.07, 6.45) is 1.40. The average Bonchev–Trinajstić information content (AvgIpc) is 2.37. The number of urea groups is 1. The van der Waals surface area contributed by atoms with E-state index in [1.165, 1.54) is 30.3 Å². The molecule has 9 heteroatoms. The molecular weight excluding hydrogens is 298 g/mol. The molecule has 0 aliphatic rings. The van der Waals surface area contributed by atoms with Crippen molar-refractivity contribution in [2.75, 3.05) is 18.4 Å². The lowest BCUT2D eigenvalue weighted by Crippen LogP contribution is -2.38. The van der Waals surface area contributed by atoms with E-state index in [1.807, 2.05) is 0 Å². The third kappa shape index (κ3) is 5.24. The summed E-state index contributed by atoms with van der Waals surface area (Å²) >= 11 is 0. The number of hydrogen-bond donors (Lipinski definition) is 3. The van der Waals surface area contributed by atoms with Crippen LogP contribution in [-0.2, 0) is 14.8 Å². The fourth-order valence-electron chi connectivity index (χ4n) is 1.47. The summed E-state index contributed by atoms with van der Waals surface area (Å²) in [7, 11) is -3.80. The van der Waals surface area contributed by atoms with Crippen LogP contribution in [0.2, 0.25) is 0 Å². The SMILES string of the molecule is C=CCN(CC(=O)O)C(=O)Nc1ccc(S(N)(=O)=O)cc1. The molecule has 4 N–H and O–H groups in total. The molecule has 21 heavy (non-hydrogen) atoms. The minimum atomic E-state index is -3.80. The third-order valence-electron chi connectivity index (χ3n) is 2.40. The summed E-state index contributed by atoms with van der Waals surface area (Å²) in [6.45, 7) is 3.02. The number of carboxylic acid groups (broad SMARTS) is 1. The summed E-state index contributed by atoms with van der Waals surface area (Å²) in [5.41, 5.74) is 0.312. The molecule has 0 bridgehead atoms. The Morgan fingerprint density at radius 2 is 1.90 bits per heavy atom. The van der Waals surface area contributed by atoms with Gasteiger partial charge in [-0.2, -0.15) is 0 Å². The largest absolute Gasteiger partial charge is 0.480 e. The van der Waals surface area contributed by atoms with Crippen LogP contribution >= 0.6 is 0 Å². The number of carbonyl (C=O) groups excluding carboxylic acids is 1. The summed E-state index contributed by atoms with van der Waals surface area (Å²) < 4.78 is 22.2. The van der Waals surface area contributed by atoms with Gasteiger partial charge in [0.15, 0.2) is 0 Å². The molecule has 114 valence electrons. The first-order valence-electron chi connectivity index (χ1n) is 5.75. The maximum absolute atomic E-state index is 11.9. The highest BCUT2D eigenvalue weighted by Crippen LogP contribution is 2.13. The Morgan fingerprint density at radius 1 is 1.33 bits per heavy atom. The zero-order valence-electron chi connectivity index (χ0n) is 11.0. The molecule has 1 aromatic carbocycles. The number of anilines is 1. The maximum Gasteiger partial charge on any atom is 0.323 e. The number of aliphatic carboxylic acids is 1. The number of rotatable bonds is 6. The lowest BCUT2D eigenvalue weighted by atomic mass is 10.3. The first-order valence-corrected chi connectivity index (χ1v) is 7.30. The molecule has 2 amide bonds. The third-order valence-corrected chi connectivity index (χ3v) is 3.33. The molecule has 0 saturated carbocycles. The van der Waals surface area contributed by atoms with E-state index in [1.54, 1.807) is 0 Å². The van der Waals surface area contributed by atoms with Crippen molar-refractivity contribution in [3.8, 4) is 0 Å². The molecule has 8 nitrogen and oxygen atoms in total. The monoisotopic (exact) mass is 313 g/mol. The fourth-order valence-corrected chi connectivity index (χ4v) is 1.98. The predicted octanol–water partition coefficient (Wildman–Crippen LogP) is 0.439. The maximum atomic E-state index is 11.9. The molecule has 0 unspecified atom stereocenters. The summed E-state index contributed by atoms with van der Waals surface area (Å²) in [5.74, 6) is -1.16. The number of carboxylic acids is 1. The topological polar surface area (TPSA) is 130 Å². The van der Waals surface area contributed by atoms with Crippen LogP contribution in [0.15, 0.2) is 41.8 Å². The highest BCUT2D eigenvalue weighted by Gasteiger charge is 2.15. The molecule has 0 atom stereocenters. The number of nitrogens with two attached hydrogens (primary N) is 1. The lowest BCUT2D eigenvalue weighted by Gasteiger charge is -2.19. The van der Waals surface area contributed by atoms with Gasteiger partial charge in [-0.15, -0.1) is 6.58 Å². The minimum absolute atomic E-state index is 0.0629. The molecular formula is C12H15N3O5S. The van der Waals surface area contributed by atoms with Crippen molar-refractivity contribution in [2.24, 2.45) is 5.14 Å². The van der Waals surface area contributed by atoms with Crippen molar-refractivity contribution in [1.82, 2.24) is 4.90 Å². The molecule has 0 heterocycles. The molecule has 0 aromatic heterocycles. The van der Waals surface area contributed by atoms with Gasteiger partial charge in [-0.05, 0) is 24.3 Å². The number of benzene rings is 1. The number of primary sulfonamides is 1. The van der Waals surface area contributed by atoms with E-state index in [9.17, 15) is 18.0 Å². The van der Waals surface area contributed by atoms with Crippen molar-refractivity contribution in [3.05, 3.63) is 36.9 Å². The second kappa shape index (κ2) is 6.86. The van der Waals surface area contributed by atoms with Gasteiger partial charge >= 0.3 is 12.0 Å². The molecule has 1 rings (SSSR count). The van der Waals surface area contributed by atoms with Gasteiger partial charge < -0.3 is 15.3 Å². The summed E-state index contributed by atoms with van der Waals surface area (Å²) in [6, 6.07) is 4.54. The number of sulfonamides is 1. The van der Waals surface area contributed by atoms with Gasteiger partial charge in [-0.3, -0.25) is 4.79 Å². The van der Waals surface area contributed by atoms with Crippen LogP contribution in [-0.4, -0.2) is 43.5 Å². The van der Waals surface area contributed by atoms with Crippen molar-refractivity contribution in [1.29, 1.82) is 0 Å². The Balaban J connectivity index is 2.81. The fraction of sp³-hybridized carbons (Fsp3) is 0.167. The normalized spacial score (nSPS) is 10.7. The molecule has 0 aliphatic heterocycles. The molecule has 1 aromatic rings. The number of hydrogen-bond acceptors (Lipinski definition) is 4. The van der Waals surface area contributed by atoms with Crippen molar-refractivity contribution in [3.63, 3.8) is 0 Å².